The van der Waals surface area contributed by atoms with Gasteiger partial charge in [0.05, 0.1) is 0 Å². The first-order valence-electron chi connectivity index (χ1n) is 4.70. The molecule has 0 aromatic carbocycles. The SMILES string of the molecule is C1CCOC1.CC(=O)C=C(O)C(O)C=O. The molecule has 0 aromatic heterocycles. The van der Waals surface area contributed by atoms with E-state index < -0.39 is 17.6 Å². The zero-order valence-electron chi connectivity index (χ0n) is 8.68. The first-order valence-corrected chi connectivity index (χ1v) is 4.70. The summed E-state index contributed by atoms with van der Waals surface area (Å²) in [6.07, 6.45) is 1.90. The summed E-state index contributed by atoms with van der Waals surface area (Å²) in [4.78, 5) is 20.0. The molecule has 86 valence electrons. The third-order valence-corrected chi connectivity index (χ3v) is 1.61. The van der Waals surface area contributed by atoms with Crippen molar-refractivity contribution in [2.75, 3.05) is 13.2 Å². The van der Waals surface area contributed by atoms with Crippen molar-refractivity contribution in [2.45, 2.75) is 25.9 Å². The van der Waals surface area contributed by atoms with Crippen molar-refractivity contribution in [2.24, 2.45) is 0 Å². The van der Waals surface area contributed by atoms with Gasteiger partial charge in [-0.05, 0) is 19.8 Å². The van der Waals surface area contributed by atoms with E-state index in [1.165, 1.54) is 19.8 Å². The Morgan fingerprint density at radius 3 is 2.20 bits per heavy atom. The van der Waals surface area contributed by atoms with Crippen molar-refractivity contribution < 1.29 is 24.5 Å². The van der Waals surface area contributed by atoms with Crippen molar-refractivity contribution in [3.05, 3.63) is 11.8 Å². The fourth-order valence-corrected chi connectivity index (χ4v) is 0.874. The number of allylic oxidation sites excluding steroid dienone is 1. The number of carbonyl (C=O) groups excluding carboxylic acids is 2. The fraction of sp³-hybridized carbons (Fsp3) is 0.600. The van der Waals surface area contributed by atoms with Crippen LogP contribution in [0.25, 0.3) is 0 Å². The van der Waals surface area contributed by atoms with Crippen molar-refractivity contribution in [1.82, 2.24) is 0 Å². The second-order valence-corrected chi connectivity index (χ2v) is 3.08. The van der Waals surface area contributed by atoms with Gasteiger partial charge in [-0.1, -0.05) is 0 Å². The van der Waals surface area contributed by atoms with Gasteiger partial charge in [0.25, 0.3) is 0 Å². The highest BCUT2D eigenvalue weighted by molar-refractivity contribution is 5.88. The zero-order valence-corrected chi connectivity index (χ0v) is 8.68. The van der Waals surface area contributed by atoms with Gasteiger partial charge in [-0.2, -0.15) is 0 Å². The van der Waals surface area contributed by atoms with Crippen LogP contribution in [0.3, 0.4) is 0 Å². The molecular weight excluding hydrogens is 200 g/mol. The maximum atomic E-state index is 10.2. The first kappa shape index (κ1) is 13.8. The van der Waals surface area contributed by atoms with Gasteiger partial charge in [0.2, 0.25) is 0 Å². The van der Waals surface area contributed by atoms with Crippen LogP contribution in [-0.4, -0.2) is 41.6 Å². The number of rotatable bonds is 3. The minimum atomic E-state index is -1.58. The lowest BCUT2D eigenvalue weighted by Gasteiger charge is -1.98. The van der Waals surface area contributed by atoms with Gasteiger partial charge < -0.3 is 14.9 Å². The summed E-state index contributed by atoms with van der Waals surface area (Å²) in [6.45, 7) is 3.20. The van der Waals surface area contributed by atoms with E-state index in [1.54, 1.807) is 0 Å². The molecule has 0 aromatic rings. The fourth-order valence-electron chi connectivity index (χ4n) is 0.874. The molecule has 1 saturated heterocycles. The Kier molecular flexibility index (Phi) is 7.49. The third kappa shape index (κ3) is 7.84. The smallest absolute Gasteiger partial charge is 0.166 e. The first-order chi connectivity index (χ1) is 7.07. The Bertz CT molecular complexity index is 222. The van der Waals surface area contributed by atoms with Crippen molar-refractivity contribution >= 4 is 12.1 Å². The summed E-state index contributed by atoms with van der Waals surface area (Å²) in [6, 6.07) is 0. The standard InChI is InChI=1S/C6H8O4.C4H8O/c1-4(8)2-5(9)6(10)3-7;1-2-4-5-3-1/h2-3,6,9-10H,1H3;1-4H2. The van der Waals surface area contributed by atoms with Crippen LogP contribution in [0.2, 0.25) is 0 Å². The van der Waals surface area contributed by atoms with Gasteiger partial charge in [-0.15, -0.1) is 0 Å². The van der Waals surface area contributed by atoms with Gasteiger partial charge in [0.15, 0.2) is 18.2 Å². The number of hydrogen-bond donors (Lipinski definition) is 2. The van der Waals surface area contributed by atoms with Crippen molar-refractivity contribution in [3.8, 4) is 0 Å². The molecule has 0 aliphatic carbocycles. The topological polar surface area (TPSA) is 83.8 Å². The average Bonchev–Trinajstić information content (AvgIpc) is 2.73. The number of aldehydes is 1. The lowest BCUT2D eigenvalue weighted by molar-refractivity contribution is -0.114. The summed E-state index contributed by atoms with van der Waals surface area (Å²) in [7, 11) is 0. The summed E-state index contributed by atoms with van der Waals surface area (Å²) >= 11 is 0. The molecular formula is C10H16O5. The van der Waals surface area contributed by atoms with E-state index in [4.69, 9.17) is 14.9 Å². The molecule has 0 saturated carbocycles. The molecule has 1 heterocycles. The predicted octanol–water partition coefficient (Wildman–Crippen LogP) is 0.374. The lowest BCUT2D eigenvalue weighted by atomic mass is 10.2. The molecule has 0 spiro atoms. The largest absolute Gasteiger partial charge is 0.509 e. The van der Waals surface area contributed by atoms with Crippen LogP contribution in [-0.2, 0) is 14.3 Å². The highest BCUT2D eigenvalue weighted by Crippen LogP contribution is 1.98. The van der Waals surface area contributed by atoms with Gasteiger partial charge in [-0.25, -0.2) is 0 Å². The van der Waals surface area contributed by atoms with Crippen LogP contribution in [0.1, 0.15) is 19.8 Å². The number of aliphatic hydroxyl groups is 2. The van der Waals surface area contributed by atoms with E-state index in [0.717, 1.165) is 19.3 Å². The Morgan fingerprint density at radius 2 is 1.93 bits per heavy atom. The zero-order chi connectivity index (χ0) is 11.7. The number of carbonyl (C=O) groups is 2. The molecule has 1 unspecified atom stereocenters. The summed E-state index contributed by atoms with van der Waals surface area (Å²) in [5, 5.41) is 17.2. The Balaban J connectivity index is 0.000000322. The second kappa shape index (κ2) is 8.14. The third-order valence-electron chi connectivity index (χ3n) is 1.61. The molecule has 1 atom stereocenters. The number of aliphatic hydroxyl groups excluding tert-OH is 2. The maximum Gasteiger partial charge on any atom is 0.166 e. The predicted molar refractivity (Wildman–Crippen MR) is 53.5 cm³/mol. The molecule has 5 heteroatoms. The normalized spacial score (nSPS) is 17.6. The molecule has 0 amide bonds. The molecule has 1 aliphatic rings. The Labute approximate surface area is 88.4 Å². The monoisotopic (exact) mass is 216 g/mol. The molecule has 1 aliphatic heterocycles. The molecule has 0 bridgehead atoms. The van der Waals surface area contributed by atoms with Crippen molar-refractivity contribution in [3.63, 3.8) is 0 Å². The minimum absolute atomic E-state index is 0.134. The van der Waals surface area contributed by atoms with Gasteiger partial charge in [0.1, 0.15) is 5.76 Å². The summed E-state index contributed by atoms with van der Waals surface area (Å²) in [5.41, 5.74) is 0. The van der Waals surface area contributed by atoms with Crippen LogP contribution in [0.5, 0.6) is 0 Å². The van der Waals surface area contributed by atoms with E-state index in [2.05, 4.69) is 0 Å². The summed E-state index contributed by atoms with van der Waals surface area (Å²) in [5.74, 6) is -1.04. The van der Waals surface area contributed by atoms with Crippen LogP contribution in [0, 0.1) is 0 Å². The van der Waals surface area contributed by atoms with Gasteiger partial charge in [-0.3, -0.25) is 9.59 Å². The second-order valence-electron chi connectivity index (χ2n) is 3.08. The molecule has 2 N–H and O–H groups in total. The van der Waals surface area contributed by atoms with Crippen LogP contribution in [0.15, 0.2) is 11.8 Å². The van der Waals surface area contributed by atoms with Crippen molar-refractivity contribution in [1.29, 1.82) is 0 Å². The summed E-state index contributed by atoms with van der Waals surface area (Å²) < 4.78 is 4.94. The number of hydrogen-bond acceptors (Lipinski definition) is 5. The van der Waals surface area contributed by atoms with Crippen LogP contribution >= 0.6 is 0 Å². The quantitative estimate of drug-likeness (QED) is 0.404. The minimum Gasteiger partial charge on any atom is -0.509 e. The van der Waals surface area contributed by atoms with Gasteiger partial charge >= 0.3 is 0 Å². The molecule has 1 rings (SSSR count). The lowest BCUT2D eigenvalue weighted by Crippen LogP contribution is -2.12. The van der Waals surface area contributed by atoms with E-state index >= 15 is 0 Å². The van der Waals surface area contributed by atoms with Crippen LogP contribution < -0.4 is 0 Å². The molecule has 5 nitrogen and oxygen atoms in total. The van der Waals surface area contributed by atoms with E-state index in [-0.39, 0.29) is 6.29 Å². The average molecular weight is 216 g/mol. The van der Waals surface area contributed by atoms with E-state index in [0.29, 0.717) is 0 Å². The van der Waals surface area contributed by atoms with E-state index in [1.807, 2.05) is 0 Å². The number of ketones is 1. The maximum absolute atomic E-state index is 10.2. The highest BCUT2D eigenvalue weighted by atomic mass is 16.5. The molecule has 15 heavy (non-hydrogen) atoms. The number of ether oxygens (including phenoxy) is 1. The van der Waals surface area contributed by atoms with Gasteiger partial charge in [0, 0.05) is 19.3 Å². The molecule has 1 fully saturated rings. The molecule has 0 radical (unpaired) electrons. The highest BCUT2D eigenvalue weighted by Gasteiger charge is 2.06. The Morgan fingerprint density at radius 1 is 1.40 bits per heavy atom. The Hall–Kier alpha value is -1.20. The van der Waals surface area contributed by atoms with E-state index in [9.17, 15) is 9.59 Å². The van der Waals surface area contributed by atoms with Crippen LogP contribution in [0.4, 0.5) is 0 Å².